The molecule has 7 heteroatoms. The van der Waals surface area contributed by atoms with Crippen LogP contribution in [0.5, 0.6) is 0 Å². The Bertz CT molecular complexity index is 549. The molecule has 0 aliphatic heterocycles. The molecule has 1 unspecified atom stereocenters. The second kappa shape index (κ2) is 7.40. The van der Waals surface area contributed by atoms with Crippen molar-refractivity contribution in [3.63, 3.8) is 0 Å². The number of hydrogen-bond acceptors (Lipinski definition) is 2. The van der Waals surface area contributed by atoms with Gasteiger partial charge in [-0.2, -0.15) is 0 Å². The first-order valence-electron chi connectivity index (χ1n) is 6.46. The van der Waals surface area contributed by atoms with Gasteiger partial charge < -0.3 is 15.7 Å². The van der Waals surface area contributed by atoms with E-state index in [2.05, 4.69) is 26.6 Å². The fourth-order valence-corrected chi connectivity index (χ4v) is 2.25. The van der Waals surface area contributed by atoms with Crippen LogP contribution < -0.4 is 10.6 Å². The normalized spacial score (nSPS) is 12.1. The van der Waals surface area contributed by atoms with Crippen molar-refractivity contribution in [3.8, 4) is 0 Å². The summed E-state index contributed by atoms with van der Waals surface area (Å²) in [4.78, 5) is 22.9. The van der Waals surface area contributed by atoms with Gasteiger partial charge in [0, 0.05) is 5.69 Å². The summed E-state index contributed by atoms with van der Waals surface area (Å²) in [5.74, 6) is -1.48. The minimum absolute atomic E-state index is 0.123. The van der Waals surface area contributed by atoms with Gasteiger partial charge in [0.15, 0.2) is 0 Å². The summed E-state index contributed by atoms with van der Waals surface area (Å²) in [5, 5.41) is 13.9. The van der Waals surface area contributed by atoms with Crippen LogP contribution in [0.4, 0.5) is 14.9 Å². The van der Waals surface area contributed by atoms with Crippen molar-refractivity contribution in [2.24, 2.45) is 5.92 Å². The minimum Gasteiger partial charge on any atom is -0.480 e. The van der Waals surface area contributed by atoms with Crippen LogP contribution in [0.3, 0.4) is 0 Å². The third-order valence-electron chi connectivity index (χ3n) is 2.83. The number of rotatable bonds is 5. The van der Waals surface area contributed by atoms with Gasteiger partial charge in [0.05, 0.1) is 4.47 Å². The van der Waals surface area contributed by atoms with Crippen molar-refractivity contribution in [3.05, 3.63) is 28.0 Å². The summed E-state index contributed by atoms with van der Waals surface area (Å²) in [7, 11) is 0. The highest BCUT2D eigenvalue weighted by molar-refractivity contribution is 9.10. The van der Waals surface area contributed by atoms with Crippen LogP contribution in [0.25, 0.3) is 0 Å². The standard InChI is InChI=1S/C14H18BrFN2O3/c1-7(2)4-12(13(19)20)18-14(21)17-11-6-10(16)9(15)5-8(11)3/h5-7,12H,4H2,1-3H3,(H,19,20)(H2,17,18,21). The lowest BCUT2D eigenvalue weighted by Crippen LogP contribution is -2.43. The van der Waals surface area contributed by atoms with E-state index in [4.69, 9.17) is 5.11 Å². The Balaban J connectivity index is 2.77. The van der Waals surface area contributed by atoms with Gasteiger partial charge in [-0.1, -0.05) is 13.8 Å². The van der Waals surface area contributed by atoms with Crippen molar-refractivity contribution in [2.45, 2.75) is 33.2 Å². The average Bonchev–Trinajstić information content (AvgIpc) is 2.34. The molecule has 0 saturated carbocycles. The molecule has 3 N–H and O–H groups in total. The van der Waals surface area contributed by atoms with Crippen LogP contribution >= 0.6 is 15.9 Å². The van der Waals surface area contributed by atoms with Crippen molar-refractivity contribution in [1.29, 1.82) is 0 Å². The number of benzene rings is 1. The van der Waals surface area contributed by atoms with Crippen LogP contribution in [0.1, 0.15) is 25.8 Å². The number of carboxylic acid groups (broad SMARTS) is 1. The molecule has 116 valence electrons. The Morgan fingerprint density at radius 1 is 1.38 bits per heavy atom. The number of nitrogens with one attached hydrogen (secondary N) is 2. The molecule has 0 spiro atoms. The summed E-state index contributed by atoms with van der Waals surface area (Å²) < 4.78 is 13.8. The monoisotopic (exact) mass is 360 g/mol. The Kier molecular flexibility index (Phi) is 6.14. The molecule has 0 saturated heterocycles. The highest BCUT2D eigenvalue weighted by atomic mass is 79.9. The Morgan fingerprint density at radius 3 is 2.52 bits per heavy atom. The van der Waals surface area contributed by atoms with Crippen LogP contribution in [-0.4, -0.2) is 23.1 Å². The van der Waals surface area contributed by atoms with Gasteiger partial charge in [0.2, 0.25) is 0 Å². The van der Waals surface area contributed by atoms with Crippen LogP contribution in [0, 0.1) is 18.7 Å². The lowest BCUT2D eigenvalue weighted by molar-refractivity contribution is -0.139. The molecular weight excluding hydrogens is 343 g/mol. The van der Waals surface area contributed by atoms with Crippen molar-refractivity contribution >= 4 is 33.6 Å². The molecule has 1 aromatic carbocycles. The highest BCUT2D eigenvalue weighted by Gasteiger charge is 2.21. The van der Waals surface area contributed by atoms with E-state index in [0.29, 0.717) is 22.1 Å². The molecule has 0 aliphatic rings. The van der Waals surface area contributed by atoms with Crippen molar-refractivity contribution in [1.82, 2.24) is 5.32 Å². The second-order valence-electron chi connectivity index (χ2n) is 5.20. The Morgan fingerprint density at radius 2 is 2.00 bits per heavy atom. The fraction of sp³-hybridized carbons (Fsp3) is 0.429. The number of hydrogen-bond donors (Lipinski definition) is 3. The number of amides is 2. The largest absolute Gasteiger partial charge is 0.480 e. The molecule has 1 rings (SSSR count). The predicted molar refractivity (Wildman–Crippen MR) is 81.9 cm³/mol. The Labute approximate surface area is 131 Å². The van der Waals surface area contributed by atoms with Gasteiger partial charge in [-0.25, -0.2) is 14.0 Å². The molecule has 0 aromatic heterocycles. The molecular formula is C14H18BrFN2O3. The predicted octanol–water partition coefficient (Wildman–Crippen LogP) is 3.52. The molecule has 5 nitrogen and oxygen atoms in total. The molecule has 2 amide bonds. The van der Waals surface area contributed by atoms with E-state index in [1.54, 1.807) is 6.92 Å². The molecule has 1 atom stereocenters. The zero-order valence-corrected chi connectivity index (χ0v) is 13.6. The van der Waals surface area contributed by atoms with Gasteiger partial charge in [-0.3, -0.25) is 0 Å². The fourth-order valence-electron chi connectivity index (χ4n) is 1.79. The third-order valence-corrected chi connectivity index (χ3v) is 3.43. The number of aliphatic carboxylic acids is 1. The molecule has 0 radical (unpaired) electrons. The summed E-state index contributed by atoms with van der Waals surface area (Å²) in [6.45, 7) is 5.44. The van der Waals surface area contributed by atoms with Gasteiger partial charge >= 0.3 is 12.0 Å². The number of aryl methyl sites for hydroxylation is 1. The maximum atomic E-state index is 13.5. The Hall–Kier alpha value is -1.63. The van der Waals surface area contributed by atoms with E-state index >= 15 is 0 Å². The number of urea groups is 1. The first-order chi connectivity index (χ1) is 9.70. The number of carboxylic acids is 1. The van der Waals surface area contributed by atoms with Crippen molar-refractivity contribution < 1.29 is 19.1 Å². The third kappa shape index (κ3) is 5.34. The maximum Gasteiger partial charge on any atom is 0.326 e. The molecule has 0 fully saturated rings. The van der Waals surface area contributed by atoms with Crippen LogP contribution in [0.2, 0.25) is 0 Å². The average molecular weight is 361 g/mol. The van der Waals surface area contributed by atoms with E-state index in [0.717, 1.165) is 0 Å². The lowest BCUT2D eigenvalue weighted by atomic mass is 10.0. The van der Waals surface area contributed by atoms with E-state index in [1.807, 2.05) is 13.8 Å². The van der Waals surface area contributed by atoms with Crippen LogP contribution in [0.15, 0.2) is 16.6 Å². The summed E-state index contributed by atoms with van der Waals surface area (Å²) in [6.07, 6.45) is 0.316. The number of halogens is 2. The smallest absolute Gasteiger partial charge is 0.326 e. The van der Waals surface area contributed by atoms with E-state index in [-0.39, 0.29) is 5.92 Å². The quantitative estimate of drug-likeness (QED) is 0.751. The van der Waals surface area contributed by atoms with E-state index in [9.17, 15) is 14.0 Å². The molecule has 0 aliphatic carbocycles. The zero-order chi connectivity index (χ0) is 16.2. The summed E-state index contributed by atoms with van der Waals surface area (Å²) in [6, 6.07) is 1.06. The van der Waals surface area contributed by atoms with Gasteiger partial charge in [-0.05, 0) is 52.9 Å². The van der Waals surface area contributed by atoms with E-state index < -0.39 is 23.9 Å². The van der Waals surface area contributed by atoms with Gasteiger partial charge in [0.25, 0.3) is 0 Å². The molecule has 0 bridgehead atoms. The SMILES string of the molecule is Cc1cc(Br)c(F)cc1NC(=O)NC(CC(C)C)C(=O)O. The molecule has 0 heterocycles. The topological polar surface area (TPSA) is 78.4 Å². The number of anilines is 1. The van der Waals surface area contributed by atoms with Crippen LogP contribution in [-0.2, 0) is 4.79 Å². The van der Waals surface area contributed by atoms with Gasteiger partial charge in [-0.15, -0.1) is 0 Å². The number of carbonyl (C=O) groups is 2. The summed E-state index contributed by atoms with van der Waals surface area (Å²) in [5.41, 5.74) is 0.955. The number of carbonyl (C=O) groups excluding carboxylic acids is 1. The first-order valence-corrected chi connectivity index (χ1v) is 7.26. The lowest BCUT2D eigenvalue weighted by Gasteiger charge is -2.17. The van der Waals surface area contributed by atoms with Crippen molar-refractivity contribution in [2.75, 3.05) is 5.32 Å². The highest BCUT2D eigenvalue weighted by Crippen LogP contribution is 2.23. The minimum atomic E-state index is -1.10. The maximum absolute atomic E-state index is 13.5. The zero-order valence-electron chi connectivity index (χ0n) is 12.0. The first kappa shape index (κ1) is 17.4. The summed E-state index contributed by atoms with van der Waals surface area (Å²) >= 11 is 3.05. The molecule has 21 heavy (non-hydrogen) atoms. The second-order valence-corrected chi connectivity index (χ2v) is 6.05. The van der Waals surface area contributed by atoms with E-state index in [1.165, 1.54) is 12.1 Å². The van der Waals surface area contributed by atoms with Gasteiger partial charge in [0.1, 0.15) is 11.9 Å². The molecule has 1 aromatic rings.